The highest BCUT2D eigenvalue weighted by molar-refractivity contribution is 5.96. The lowest BCUT2D eigenvalue weighted by Gasteiger charge is -2.19. The number of aromatic hydroxyl groups is 2. The van der Waals surface area contributed by atoms with E-state index in [0.717, 1.165) is 0 Å². The fraction of sp³-hybridized carbons (Fsp3) is 0.316. The standard InChI is InChI=1S/C19H24N2O6/c1-12(10-27-18-7-4-14(23)8-17(18)19(20)25)21-9-15(24)11-26-16-5-2-13(22)3-6-16/h2-8,12,15,21-24H,9-11H2,1H3,(H2,20,25). The summed E-state index contributed by atoms with van der Waals surface area (Å²) in [7, 11) is 0. The van der Waals surface area contributed by atoms with Crippen LogP contribution in [0.5, 0.6) is 23.0 Å². The summed E-state index contributed by atoms with van der Waals surface area (Å²) in [5.41, 5.74) is 5.37. The Balaban J connectivity index is 1.73. The smallest absolute Gasteiger partial charge is 0.252 e. The maximum Gasteiger partial charge on any atom is 0.252 e. The van der Waals surface area contributed by atoms with Gasteiger partial charge in [0.15, 0.2) is 0 Å². The maximum absolute atomic E-state index is 11.4. The fourth-order valence-electron chi connectivity index (χ4n) is 2.24. The minimum absolute atomic E-state index is 0.0703. The van der Waals surface area contributed by atoms with Gasteiger partial charge in [0.1, 0.15) is 42.3 Å². The highest BCUT2D eigenvalue weighted by Gasteiger charge is 2.13. The van der Waals surface area contributed by atoms with Crippen molar-refractivity contribution in [2.45, 2.75) is 19.1 Å². The molecule has 0 heterocycles. The first kappa shape index (κ1) is 20.3. The number of ether oxygens (including phenoxy) is 2. The molecule has 0 aliphatic heterocycles. The second-order valence-corrected chi connectivity index (χ2v) is 6.12. The van der Waals surface area contributed by atoms with Crippen molar-refractivity contribution < 1.29 is 29.6 Å². The molecule has 2 atom stereocenters. The maximum atomic E-state index is 11.4. The quantitative estimate of drug-likeness (QED) is 0.417. The molecule has 2 aromatic rings. The number of carbonyl (C=O) groups is 1. The van der Waals surface area contributed by atoms with E-state index in [1.54, 1.807) is 12.1 Å². The number of phenols is 2. The van der Waals surface area contributed by atoms with Crippen molar-refractivity contribution in [3.63, 3.8) is 0 Å². The van der Waals surface area contributed by atoms with E-state index in [4.69, 9.17) is 15.2 Å². The largest absolute Gasteiger partial charge is 0.508 e. The lowest BCUT2D eigenvalue weighted by molar-refractivity contribution is 0.0990. The number of nitrogens with two attached hydrogens (primary N) is 1. The summed E-state index contributed by atoms with van der Waals surface area (Å²) in [6.07, 6.45) is -0.740. The molecule has 8 heteroatoms. The summed E-state index contributed by atoms with van der Waals surface area (Å²) in [6.45, 7) is 2.46. The van der Waals surface area contributed by atoms with Crippen LogP contribution in [0.1, 0.15) is 17.3 Å². The van der Waals surface area contributed by atoms with Gasteiger partial charge in [0.2, 0.25) is 0 Å². The minimum atomic E-state index is -0.740. The first-order valence-electron chi connectivity index (χ1n) is 8.44. The van der Waals surface area contributed by atoms with E-state index in [0.29, 0.717) is 5.75 Å². The Bertz CT molecular complexity index is 750. The van der Waals surface area contributed by atoms with Crippen molar-refractivity contribution in [2.24, 2.45) is 5.73 Å². The van der Waals surface area contributed by atoms with Gasteiger partial charge in [-0.3, -0.25) is 4.79 Å². The van der Waals surface area contributed by atoms with Crippen LogP contribution in [0.4, 0.5) is 0 Å². The van der Waals surface area contributed by atoms with Gasteiger partial charge in [0, 0.05) is 12.6 Å². The van der Waals surface area contributed by atoms with Crippen molar-refractivity contribution in [2.75, 3.05) is 19.8 Å². The van der Waals surface area contributed by atoms with E-state index in [2.05, 4.69) is 5.32 Å². The number of aliphatic hydroxyl groups excluding tert-OH is 1. The van der Waals surface area contributed by atoms with Gasteiger partial charge >= 0.3 is 0 Å². The molecule has 2 rings (SSSR count). The number of benzene rings is 2. The van der Waals surface area contributed by atoms with Crippen LogP contribution in [0.2, 0.25) is 0 Å². The molecule has 2 unspecified atom stereocenters. The summed E-state index contributed by atoms with van der Waals surface area (Å²) in [5, 5.41) is 31.7. The predicted octanol–water partition coefficient (Wildman–Crippen LogP) is 0.993. The lowest BCUT2D eigenvalue weighted by atomic mass is 10.2. The second-order valence-electron chi connectivity index (χ2n) is 6.12. The molecular formula is C19H24N2O6. The molecule has 0 fully saturated rings. The van der Waals surface area contributed by atoms with Gasteiger partial charge in [0.25, 0.3) is 5.91 Å². The molecule has 0 spiro atoms. The van der Waals surface area contributed by atoms with Crippen LogP contribution in [0.15, 0.2) is 42.5 Å². The van der Waals surface area contributed by atoms with Crippen LogP contribution in [0, 0.1) is 0 Å². The molecule has 2 aromatic carbocycles. The number of hydrogen-bond donors (Lipinski definition) is 5. The molecule has 0 radical (unpaired) electrons. The van der Waals surface area contributed by atoms with Gasteiger partial charge in [-0.25, -0.2) is 0 Å². The van der Waals surface area contributed by atoms with Gasteiger partial charge in [-0.1, -0.05) is 0 Å². The third kappa shape index (κ3) is 6.69. The van der Waals surface area contributed by atoms with Gasteiger partial charge in [-0.2, -0.15) is 0 Å². The van der Waals surface area contributed by atoms with Crippen LogP contribution < -0.4 is 20.5 Å². The number of amides is 1. The Morgan fingerprint density at radius 1 is 1.07 bits per heavy atom. The zero-order valence-corrected chi connectivity index (χ0v) is 15.0. The average molecular weight is 376 g/mol. The molecule has 8 nitrogen and oxygen atoms in total. The van der Waals surface area contributed by atoms with E-state index < -0.39 is 12.0 Å². The summed E-state index contributed by atoms with van der Waals surface area (Å²) in [6, 6.07) is 10.2. The van der Waals surface area contributed by atoms with Crippen molar-refractivity contribution in [1.82, 2.24) is 5.32 Å². The Morgan fingerprint density at radius 3 is 2.41 bits per heavy atom. The fourth-order valence-corrected chi connectivity index (χ4v) is 2.24. The van der Waals surface area contributed by atoms with Crippen LogP contribution in [-0.2, 0) is 0 Å². The zero-order chi connectivity index (χ0) is 19.8. The minimum Gasteiger partial charge on any atom is -0.508 e. The van der Waals surface area contributed by atoms with Crippen molar-refractivity contribution in [3.05, 3.63) is 48.0 Å². The summed E-state index contributed by atoms with van der Waals surface area (Å²) >= 11 is 0. The number of carbonyl (C=O) groups excluding carboxylic acids is 1. The monoisotopic (exact) mass is 376 g/mol. The van der Waals surface area contributed by atoms with E-state index in [9.17, 15) is 20.1 Å². The highest BCUT2D eigenvalue weighted by atomic mass is 16.5. The molecule has 146 valence electrons. The molecule has 0 aliphatic rings. The van der Waals surface area contributed by atoms with E-state index in [-0.39, 0.29) is 48.6 Å². The Hall–Kier alpha value is -2.97. The number of nitrogens with one attached hydrogen (secondary N) is 1. The van der Waals surface area contributed by atoms with Crippen LogP contribution in [-0.4, -0.2) is 53.1 Å². The number of phenolic OH excluding ortho intramolecular Hbond substituents is 2. The van der Waals surface area contributed by atoms with Crippen molar-refractivity contribution in [3.8, 4) is 23.0 Å². The second kappa shape index (κ2) is 9.65. The molecule has 27 heavy (non-hydrogen) atoms. The Labute approximate surface area is 157 Å². The van der Waals surface area contributed by atoms with E-state index in [1.807, 2.05) is 6.92 Å². The number of aliphatic hydroxyl groups is 1. The third-order valence-electron chi connectivity index (χ3n) is 3.70. The molecular weight excluding hydrogens is 352 g/mol. The Kier molecular flexibility index (Phi) is 7.27. The molecule has 0 saturated carbocycles. The zero-order valence-electron chi connectivity index (χ0n) is 15.0. The third-order valence-corrected chi connectivity index (χ3v) is 3.70. The summed E-state index contributed by atoms with van der Waals surface area (Å²) in [5.74, 6) is 0.216. The summed E-state index contributed by atoms with van der Waals surface area (Å²) < 4.78 is 11.0. The highest BCUT2D eigenvalue weighted by Crippen LogP contribution is 2.23. The average Bonchev–Trinajstić information content (AvgIpc) is 2.64. The van der Waals surface area contributed by atoms with Crippen LogP contribution in [0.3, 0.4) is 0 Å². The predicted molar refractivity (Wildman–Crippen MR) is 99.2 cm³/mol. The molecule has 0 bridgehead atoms. The molecule has 0 saturated heterocycles. The van der Waals surface area contributed by atoms with Gasteiger partial charge < -0.3 is 35.8 Å². The van der Waals surface area contributed by atoms with Gasteiger partial charge in [-0.15, -0.1) is 0 Å². The number of hydrogen-bond acceptors (Lipinski definition) is 7. The summed E-state index contributed by atoms with van der Waals surface area (Å²) in [4.78, 5) is 11.4. The van der Waals surface area contributed by atoms with Gasteiger partial charge in [-0.05, 0) is 49.4 Å². The van der Waals surface area contributed by atoms with Crippen LogP contribution >= 0.6 is 0 Å². The molecule has 0 aromatic heterocycles. The lowest BCUT2D eigenvalue weighted by Crippen LogP contribution is -2.39. The van der Waals surface area contributed by atoms with Crippen molar-refractivity contribution in [1.29, 1.82) is 0 Å². The van der Waals surface area contributed by atoms with E-state index in [1.165, 1.54) is 30.3 Å². The van der Waals surface area contributed by atoms with E-state index >= 15 is 0 Å². The van der Waals surface area contributed by atoms with Crippen molar-refractivity contribution >= 4 is 5.91 Å². The Morgan fingerprint density at radius 2 is 1.74 bits per heavy atom. The molecule has 1 amide bonds. The topological polar surface area (TPSA) is 134 Å². The van der Waals surface area contributed by atoms with Crippen LogP contribution in [0.25, 0.3) is 0 Å². The first-order valence-corrected chi connectivity index (χ1v) is 8.44. The number of rotatable bonds is 10. The van der Waals surface area contributed by atoms with Gasteiger partial charge in [0.05, 0.1) is 5.56 Å². The number of primary amides is 1. The normalized spacial score (nSPS) is 13.0. The SMILES string of the molecule is CC(COc1ccc(O)cc1C(N)=O)NCC(O)COc1ccc(O)cc1. The molecule has 0 aliphatic carbocycles. The first-order chi connectivity index (χ1) is 12.8. The molecule has 6 N–H and O–H groups in total.